The quantitative estimate of drug-likeness (QED) is 0.879. The Balaban J connectivity index is 1.37. The fraction of sp³-hybridized carbons (Fsp3) is 0.455. The van der Waals surface area contributed by atoms with E-state index >= 15 is 0 Å². The number of benzene rings is 1. The zero-order chi connectivity index (χ0) is 18.5. The number of nitrogens with one attached hydrogen (secondary N) is 1. The van der Waals surface area contributed by atoms with E-state index in [1.165, 1.54) is 19.3 Å². The van der Waals surface area contributed by atoms with Crippen molar-refractivity contribution < 1.29 is 9.53 Å². The maximum absolute atomic E-state index is 12.3. The summed E-state index contributed by atoms with van der Waals surface area (Å²) >= 11 is 0. The van der Waals surface area contributed by atoms with E-state index < -0.39 is 0 Å². The smallest absolute Gasteiger partial charge is 0.251 e. The van der Waals surface area contributed by atoms with Gasteiger partial charge in [0.05, 0.1) is 6.10 Å². The molecule has 4 rings (SSSR count). The lowest BCUT2D eigenvalue weighted by molar-refractivity contribution is 0.0858. The van der Waals surface area contributed by atoms with E-state index in [-0.39, 0.29) is 12.0 Å². The lowest BCUT2D eigenvalue weighted by atomic mass is 10.0. The van der Waals surface area contributed by atoms with E-state index in [2.05, 4.69) is 27.3 Å². The molecule has 0 saturated carbocycles. The summed E-state index contributed by atoms with van der Waals surface area (Å²) in [6.45, 7) is 3.59. The highest BCUT2D eigenvalue weighted by Crippen LogP contribution is 2.23. The van der Waals surface area contributed by atoms with Crippen molar-refractivity contribution in [3.05, 3.63) is 48.2 Å². The van der Waals surface area contributed by atoms with Crippen LogP contribution in [0, 0.1) is 0 Å². The van der Waals surface area contributed by atoms with Crippen molar-refractivity contribution in [3.63, 3.8) is 0 Å². The van der Waals surface area contributed by atoms with Gasteiger partial charge in [-0.1, -0.05) is 12.1 Å². The maximum Gasteiger partial charge on any atom is 0.251 e. The molecule has 0 unspecified atom stereocenters. The van der Waals surface area contributed by atoms with Crippen LogP contribution in [-0.4, -0.2) is 43.2 Å². The van der Waals surface area contributed by atoms with Crippen LogP contribution in [0.3, 0.4) is 0 Å². The van der Waals surface area contributed by atoms with Gasteiger partial charge in [-0.05, 0) is 61.9 Å². The van der Waals surface area contributed by atoms with Crippen LogP contribution in [0.2, 0.25) is 0 Å². The van der Waals surface area contributed by atoms with Crippen molar-refractivity contribution in [3.8, 4) is 11.1 Å². The van der Waals surface area contributed by atoms with E-state index in [4.69, 9.17) is 4.74 Å². The summed E-state index contributed by atoms with van der Waals surface area (Å²) < 4.78 is 5.54. The summed E-state index contributed by atoms with van der Waals surface area (Å²) in [4.78, 5) is 19.3. The van der Waals surface area contributed by atoms with Crippen molar-refractivity contribution in [1.29, 1.82) is 0 Å². The van der Waals surface area contributed by atoms with Crippen LogP contribution in [0.4, 0.5) is 5.82 Å². The zero-order valence-corrected chi connectivity index (χ0v) is 15.7. The molecule has 5 heteroatoms. The van der Waals surface area contributed by atoms with Crippen LogP contribution in [0.5, 0.6) is 0 Å². The van der Waals surface area contributed by atoms with Crippen molar-refractivity contribution in [2.24, 2.45) is 0 Å². The Morgan fingerprint density at radius 2 is 1.81 bits per heavy atom. The molecule has 0 radical (unpaired) electrons. The normalized spacial score (nSPS) is 19.9. The number of ether oxygens (including phenoxy) is 1. The van der Waals surface area contributed by atoms with E-state index in [1.54, 1.807) is 0 Å². The summed E-state index contributed by atoms with van der Waals surface area (Å²) in [6, 6.07) is 11.9. The number of aromatic nitrogens is 1. The van der Waals surface area contributed by atoms with E-state index in [0.29, 0.717) is 12.1 Å². The van der Waals surface area contributed by atoms with Gasteiger partial charge in [0.15, 0.2) is 0 Å². The molecule has 1 N–H and O–H groups in total. The van der Waals surface area contributed by atoms with Crippen LogP contribution in [0.25, 0.3) is 11.1 Å². The average molecular weight is 365 g/mol. The third-order valence-electron chi connectivity index (χ3n) is 5.42. The first-order chi connectivity index (χ1) is 13.3. The molecule has 1 amide bonds. The molecule has 2 aliphatic rings. The third-order valence-corrected chi connectivity index (χ3v) is 5.42. The summed E-state index contributed by atoms with van der Waals surface area (Å²) in [6.07, 6.45) is 8.02. The molecule has 2 fully saturated rings. The van der Waals surface area contributed by atoms with Gasteiger partial charge in [0.25, 0.3) is 5.91 Å². The first-order valence-electron chi connectivity index (χ1n) is 10.0. The Morgan fingerprint density at radius 3 is 2.48 bits per heavy atom. The molecule has 0 aliphatic carbocycles. The Bertz CT molecular complexity index is 746. The Morgan fingerprint density at radius 1 is 1.04 bits per heavy atom. The number of pyridine rings is 1. The van der Waals surface area contributed by atoms with Crippen molar-refractivity contribution in [2.75, 3.05) is 31.1 Å². The number of hydrogen-bond donors (Lipinski definition) is 1. The number of rotatable bonds is 5. The average Bonchev–Trinajstić information content (AvgIpc) is 3.27. The fourth-order valence-electron chi connectivity index (χ4n) is 3.79. The van der Waals surface area contributed by atoms with Crippen molar-refractivity contribution in [2.45, 2.75) is 38.2 Å². The van der Waals surface area contributed by atoms with E-state index in [1.807, 2.05) is 30.5 Å². The minimum Gasteiger partial charge on any atom is -0.376 e. The van der Waals surface area contributed by atoms with Gasteiger partial charge in [-0.15, -0.1) is 0 Å². The lowest BCUT2D eigenvalue weighted by Gasteiger charge is -2.27. The number of anilines is 1. The molecule has 2 saturated heterocycles. The van der Waals surface area contributed by atoms with Gasteiger partial charge in [0.1, 0.15) is 5.82 Å². The summed E-state index contributed by atoms with van der Waals surface area (Å²) in [5, 5.41) is 2.96. The molecule has 1 aromatic carbocycles. The second-order valence-corrected chi connectivity index (χ2v) is 7.38. The minimum atomic E-state index is -0.0457. The SMILES string of the molecule is O=C(NC[C@H]1CCCO1)c1ccc(-c2ccc(N3CCCCC3)nc2)cc1. The van der Waals surface area contributed by atoms with Gasteiger partial charge in [-0.3, -0.25) is 4.79 Å². The van der Waals surface area contributed by atoms with Gasteiger partial charge in [0.2, 0.25) is 0 Å². The zero-order valence-electron chi connectivity index (χ0n) is 15.7. The molecule has 1 atom stereocenters. The predicted molar refractivity (Wildman–Crippen MR) is 107 cm³/mol. The van der Waals surface area contributed by atoms with Crippen molar-refractivity contribution >= 4 is 11.7 Å². The molecule has 3 heterocycles. The Kier molecular flexibility index (Phi) is 5.68. The van der Waals surface area contributed by atoms with Crippen LogP contribution >= 0.6 is 0 Å². The fourth-order valence-corrected chi connectivity index (χ4v) is 3.79. The van der Waals surface area contributed by atoms with Gasteiger partial charge >= 0.3 is 0 Å². The number of carbonyl (C=O) groups excluding carboxylic acids is 1. The van der Waals surface area contributed by atoms with Gasteiger partial charge in [-0.25, -0.2) is 4.98 Å². The monoisotopic (exact) mass is 365 g/mol. The largest absolute Gasteiger partial charge is 0.376 e. The summed E-state index contributed by atoms with van der Waals surface area (Å²) in [5.74, 6) is 1.01. The van der Waals surface area contributed by atoms with Crippen LogP contribution < -0.4 is 10.2 Å². The molecule has 2 aliphatic heterocycles. The third kappa shape index (κ3) is 4.48. The summed E-state index contributed by atoms with van der Waals surface area (Å²) in [5.41, 5.74) is 2.82. The number of amides is 1. The van der Waals surface area contributed by atoms with Crippen LogP contribution in [0.1, 0.15) is 42.5 Å². The van der Waals surface area contributed by atoms with Crippen LogP contribution in [-0.2, 0) is 4.74 Å². The molecule has 1 aromatic heterocycles. The molecule has 142 valence electrons. The molecule has 2 aromatic rings. The first kappa shape index (κ1) is 18.0. The molecule has 0 spiro atoms. The summed E-state index contributed by atoms with van der Waals surface area (Å²) in [7, 11) is 0. The van der Waals surface area contributed by atoms with Crippen molar-refractivity contribution in [1.82, 2.24) is 10.3 Å². The second kappa shape index (κ2) is 8.53. The number of nitrogens with zero attached hydrogens (tertiary/aromatic N) is 2. The molecule has 27 heavy (non-hydrogen) atoms. The topological polar surface area (TPSA) is 54.5 Å². The lowest BCUT2D eigenvalue weighted by Crippen LogP contribution is -2.31. The molecule has 0 bridgehead atoms. The number of hydrogen-bond acceptors (Lipinski definition) is 4. The standard InChI is InChI=1S/C22H27N3O2/c26-22(24-16-20-5-4-14-27-20)18-8-6-17(7-9-18)19-10-11-21(23-15-19)25-12-2-1-3-13-25/h6-11,15,20H,1-5,12-14,16H2,(H,24,26)/t20-/m1/s1. The Hall–Kier alpha value is -2.40. The van der Waals surface area contributed by atoms with Gasteiger partial charge in [0, 0.05) is 43.6 Å². The van der Waals surface area contributed by atoms with E-state index in [0.717, 1.165) is 49.5 Å². The molecular weight excluding hydrogens is 338 g/mol. The minimum absolute atomic E-state index is 0.0457. The number of carbonyl (C=O) groups is 1. The highest BCUT2D eigenvalue weighted by Gasteiger charge is 2.17. The number of piperidine rings is 1. The van der Waals surface area contributed by atoms with E-state index in [9.17, 15) is 4.79 Å². The molecule has 5 nitrogen and oxygen atoms in total. The first-order valence-corrected chi connectivity index (χ1v) is 10.0. The highest BCUT2D eigenvalue weighted by atomic mass is 16.5. The molecular formula is C22H27N3O2. The maximum atomic E-state index is 12.3. The van der Waals surface area contributed by atoms with Gasteiger partial charge in [-0.2, -0.15) is 0 Å². The highest BCUT2D eigenvalue weighted by molar-refractivity contribution is 5.94. The Labute approximate surface area is 160 Å². The van der Waals surface area contributed by atoms with Crippen LogP contribution in [0.15, 0.2) is 42.6 Å². The second-order valence-electron chi connectivity index (χ2n) is 7.38. The predicted octanol–water partition coefficient (Wildman–Crippen LogP) is 3.65. The van der Waals surface area contributed by atoms with Gasteiger partial charge < -0.3 is 15.0 Å².